The highest BCUT2D eigenvalue weighted by Crippen LogP contribution is 2.27. The minimum Gasteiger partial charge on any atom is -0.373 e. The van der Waals surface area contributed by atoms with E-state index >= 15 is 0 Å². The van der Waals surface area contributed by atoms with E-state index in [9.17, 15) is 5.11 Å². The van der Waals surface area contributed by atoms with Gasteiger partial charge < -0.3 is 5.11 Å². The van der Waals surface area contributed by atoms with Crippen LogP contribution >= 0.6 is 11.3 Å². The van der Waals surface area contributed by atoms with Crippen molar-refractivity contribution in [2.75, 3.05) is 0 Å². The molecule has 1 aromatic heterocycles. The molecule has 1 rings (SSSR count). The Bertz CT molecular complexity index is 291. The first-order valence-electron chi connectivity index (χ1n) is 3.32. The number of thiophene rings is 1. The molecule has 0 aliphatic carbocycles. The van der Waals surface area contributed by atoms with Crippen LogP contribution in [-0.4, -0.2) is 5.11 Å². The molecule has 1 N–H and O–H groups in total. The highest BCUT2D eigenvalue weighted by atomic mass is 32.1. The first-order valence-corrected chi connectivity index (χ1v) is 4.20. The van der Waals surface area contributed by atoms with Crippen molar-refractivity contribution >= 4 is 11.3 Å². The van der Waals surface area contributed by atoms with Gasteiger partial charge in [0, 0.05) is 0 Å². The van der Waals surface area contributed by atoms with Crippen molar-refractivity contribution in [3.63, 3.8) is 0 Å². The molecule has 0 saturated heterocycles. The summed E-state index contributed by atoms with van der Waals surface area (Å²) in [4.78, 5) is 0.861. The Morgan fingerprint density at radius 2 is 2.36 bits per heavy atom. The lowest BCUT2D eigenvalue weighted by molar-refractivity contribution is 0.125. The predicted molar refractivity (Wildman–Crippen MR) is 47.5 cm³/mol. The zero-order valence-corrected chi connectivity index (χ0v) is 7.40. The molecular formula is C9H10OS. The number of aryl methyl sites for hydroxylation is 1. The Balaban J connectivity index is 3.13. The first kappa shape index (κ1) is 8.32. The van der Waals surface area contributed by atoms with E-state index in [1.54, 1.807) is 6.92 Å². The topological polar surface area (TPSA) is 20.2 Å². The summed E-state index contributed by atoms with van der Waals surface area (Å²) < 4.78 is 0. The summed E-state index contributed by atoms with van der Waals surface area (Å²) in [5.41, 5.74) is -0.0453. The summed E-state index contributed by atoms with van der Waals surface area (Å²) in [5, 5.41) is 11.6. The molecule has 1 aromatic rings. The maximum absolute atomic E-state index is 9.64. The van der Waals surface area contributed by atoms with Gasteiger partial charge in [0.15, 0.2) is 5.60 Å². The largest absolute Gasteiger partial charge is 0.373 e. The highest BCUT2D eigenvalue weighted by molar-refractivity contribution is 7.10. The normalized spacial score (nSPS) is 15.5. The van der Waals surface area contributed by atoms with Gasteiger partial charge in [0.05, 0.1) is 4.88 Å². The van der Waals surface area contributed by atoms with Gasteiger partial charge >= 0.3 is 0 Å². The summed E-state index contributed by atoms with van der Waals surface area (Å²) >= 11 is 1.49. The fraction of sp³-hybridized carbons (Fsp3) is 0.333. The number of hydrogen-bond acceptors (Lipinski definition) is 2. The van der Waals surface area contributed by atoms with Crippen LogP contribution in [-0.2, 0) is 5.60 Å². The van der Waals surface area contributed by atoms with Crippen molar-refractivity contribution in [2.45, 2.75) is 19.4 Å². The zero-order chi connectivity index (χ0) is 8.48. The van der Waals surface area contributed by atoms with Crippen molar-refractivity contribution in [2.24, 2.45) is 0 Å². The van der Waals surface area contributed by atoms with Crippen molar-refractivity contribution in [1.82, 2.24) is 0 Å². The van der Waals surface area contributed by atoms with Gasteiger partial charge in [-0.1, -0.05) is 5.92 Å². The van der Waals surface area contributed by atoms with Gasteiger partial charge in [-0.2, -0.15) is 0 Å². The smallest absolute Gasteiger partial charge is 0.157 e. The Morgan fingerprint density at radius 3 is 2.73 bits per heavy atom. The van der Waals surface area contributed by atoms with E-state index in [2.05, 4.69) is 5.92 Å². The van der Waals surface area contributed by atoms with E-state index in [1.807, 2.05) is 18.4 Å². The van der Waals surface area contributed by atoms with E-state index < -0.39 is 5.60 Å². The summed E-state index contributed by atoms with van der Waals surface area (Å²) in [6.07, 6.45) is 5.17. The lowest BCUT2D eigenvalue weighted by atomic mass is 10.0. The molecule has 2 heteroatoms. The molecule has 0 aromatic carbocycles. The van der Waals surface area contributed by atoms with Gasteiger partial charge in [0.25, 0.3) is 0 Å². The van der Waals surface area contributed by atoms with Crippen LogP contribution in [0.15, 0.2) is 11.4 Å². The summed E-state index contributed by atoms with van der Waals surface area (Å²) in [5.74, 6) is 2.35. The minimum atomic E-state index is -1.10. The van der Waals surface area contributed by atoms with Crippen molar-refractivity contribution in [3.05, 3.63) is 21.9 Å². The molecule has 0 saturated carbocycles. The summed E-state index contributed by atoms with van der Waals surface area (Å²) in [6.45, 7) is 3.57. The van der Waals surface area contributed by atoms with Crippen LogP contribution < -0.4 is 0 Å². The number of hydrogen-bond donors (Lipinski definition) is 1. The second-order valence-corrected chi connectivity index (χ2v) is 3.57. The van der Waals surface area contributed by atoms with Gasteiger partial charge in [-0.05, 0) is 30.9 Å². The van der Waals surface area contributed by atoms with E-state index in [4.69, 9.17) is 6.42 Å². The lowest BCUT2D eigenvalue weighted by Crippen LogP contribution is -2.17. The Hall–Kier alpha value is -0.780. The molecule has 0 unspecified atom stereocenters. The number of terminal acetylenes is 1. The van der Waals surface area contributed by atoms with Crippen molar-refractivity contribution < 1.29 is 5.11 Å². The molecule has 1 atom stereocenters. The van der Waals surface area contributed by atoms with Crippen molar-refractivity contribution in [1.29, 1.82) is 0 Å². The molecule has 0 fully saturated rings. The Morgan fingerprint density at radius 1 is 1.73 bits per heavy atom. The third-order valence-electron chi connectivity index (χ3n) is 1.59. The van der Waals surface area contributed by atoms with E-state index in [1.165, 1.54) is 11.3 Å². The van der Waals surface area contributed by atoms with Gasteiger partial charge in [0.2, 0.25) is 0 Å². The van der Waals surface area contributed by atoms with Gasteiger partial charge in [-0.25, -0.2) is 0 Å². The van der Waals surface area contributed by atoms with Gasteiger partial charge in [-0.3, -0.25) is 0 Å². The molecular weight excluding hydrogens is 156 g/mol. The second-order valence-electron chi connectivity index (χ2n) is 2.65. The fourth-order valence-corrected chi connectivity index (χ4v) is 1.89. The number of rotatable bonds is 1. The average molecular weight is 166 g/mol. The fourth-order valence-electron chi connectivity index (χ4n) is 0.937. The quantitative estimate of drug-likeness (QED) is 0.632. The number of aliphatic hydroxyl groups is 1. The van der Waals surface area contributed by atoms with Crippen LogP contribution in [0.5, 0.6) is 0 Å². The van der Waals surface area contributed by atoms with Crippen LogP contribution in [0.4, 0.5) is 0 Å². The highest BCUT2D eigenvalue weighted by Gasteiger charge is 2.22. The molecule has 1 heterocycles. The van der Waals surface area contributed by atoms with Crippen LogP contribution in [0.2, 0.25) is 0 Å². The summed E-state index contributed by atoms with van der Waals surface area (Å²) in [6, 6.07) is 1.95. The molecule has 0 radical (unpaired) electrons. The average Bonchev–Trinajstić information content (AvgIpc) is 2.36. The zero-order valence-electron chi connectivity index (χ0n) is 6.59. The van der Waals surface area contributed by atoms with Gasteiger partial charge in [-0.15, -0.1) is 17.8 Å². The molecule has 58 valence electrons. The molecule has 0 aliphatic heterocycles. The molecule has 1 nitrogen and oxygen atoms in total. The molecule has 0 spiro atoms. The molecule has 11 heavy (non-hydrogen) atoms. The third-order valence-corrected chi connectivity index (χ3v) is 2.81. The minimum absolute atomic E-state index is 0.861. The first-order chi connectivity index (χ1) is 5.08. The van der Waals surface area contributed by atoms with E-state index in [0.717, 1.165) is 10.4 Å². The maximum Gasteiger partial charge on any atom is 0.157 e. The SMILES string of the molecule is C#C[C@](C)(O)c1sccc1C. The monoisotopic (exact) mass is 166 g/mol. The maximum atomic E-state index is 9.64. The standard InChI is InChI=1S/C9H10OS/c1-4-9(3,10)8-7(2)5-6-11-8/h1,5-6,10H,2-3H3/t9-/m0/s1. The second kappa shape index (κ2) is 2.69. The van der Waals surface area contributed by atoms with Crippen molar-refractivity contribution in [3.8, 4) is 12.3 Å². The van der Waals surface area contributed by atoms with Crippen LogP contribution in [0.25, 0.3) is 0 Å². The third kappa shape index (κ3) is 1.45. The van der Waals surface area contributed by atoms with Crippen LogP contribution in [0.3, 0.4) is 0 Å². The van der Waals surface area contributed by atoms with E-state index in [0.29, 0.717) is 0 Å². The van der Waals surface area contributed by atoms with Crippen LogP contribution in [0.1, 0.15) is 17.4 Å². The molecule has 0 amide bonds. The summed E-state index contributed by atoms with van der Waals surface area (Å²) in [7, 11) is 0. The van der Waals surface area contributed by atoms with Crippen LogP contribution in [0, 0.1) is 19.3 Å². The Labute approximate surface area is 70.7 Å². The van der Waals surface area contributed by atoms with Gasteiger partial charge in [0.1, 0.15) is 0 Å². The predicted octanol–water partition coefficient (Wildman–Crippen LogP) is 1.90. The molecule has 0 aliphatic rings. The van der Waals surface area contributed by atoms with E-state index in [-0.39, 0.29) is 0 Å². The lowest BCUT2D eigenvalue weighted by Gasteiger charge is -2.14. The molecule has 0 bridgehead atoms. The Kier molecular flexibility index (Phi) is 2.03.